The van der Waals surface area contributed by atoms with Crippen molar-refractivity contribution in [1.82, 2.24) is 0 Å². The van der Waals surface area contributed by atoms with Gasteiger partial charge in [0.05, 0.1) is 5.69 Å². The largest absolute Gasteiger partial charge is 0.508 e. The fourth-order valence-electron chi connectivity index (χ4n) is 0.980. The Morgan fingerprint density at radius 1 is 1.54 bits per heavy atom. The summed E-state index contributed by atoms with van der Waals surface area (Å²) in [6.45, 7) is 0. The van der Waals surface area contributed by atoms with Gasteiger partial charge in [-0.1, -0.05) is 11.8 Å². The standard InChI is InChI=1S/C8H5N3OS/c9-4-8-11-10-6-3-5(12)1-2-7(6)13-8/h1-3,10,12H. The lowest BCUT2D eigenvalue weighted by atomic mass is 10.3. The van der Waals surface area contributed by atoms with Crippen molar-refractivity contribution >= 4 is 22.5 Å². The van der Waals surface area contributed by atoms with Crippen LogP contribution in [0.2, 0.25) is 0 Å². The molecule has 0 aromatic heterocycles. The first-order valence-corrected chi connectivity index (χ1v) is 4.36. The fraction of sp³-hybridized carbons (Fsp3) is 0. The van der Waals surface area contributed by atoms with Crippen molar-refractivity contribution in [3.63, 3.8) is 0 Å². The van der Waals surface area contributed by atoms with Crippen LogP contribution >= 0.6 is 11.8 Å². The van der Waals surface area contributed by atoms with E-state index in [1.165, 1.54) is 11.8 Å². The molecule has 0 aliphatic carbocycles. The molecule has 1 heterocycles. The molecule has 1 aromatic rings. The summed E-state index contributed by atoms with van der Waals surface area (Å²) in [5.74, 6) is 0.183. The third-order valence-corrected chi connectivity index (χ3v) is 2.50. The minimum atomic E-state index is 0.183. The van der Waals surface area contributed by atoms with Gasteiger partial charge in [-0.3, -0.25) is 5.43 Å². The highest BCUT2D eigenvalue weighted by Gasteiger charge is 2.12. The topological polar surface area (TPSA) is 68.4 Å². The summed E-state index contributed by atoms with van der Waals surface area (Å²) in [7, 11) is 0. The monoisotopic (exact) mass is 191 g/mol. The van der Waals surface area contributed by atoms with Crippen molar-refractivity contribution in [3.8, 4) is 11.8 Å². The normalized spacial score (nSPS) is 13.6. The Morgan fingerprint density at radius 2 is 2.38 bits per heavy atom. The third kappa shape index (κ3) is 1.44. The Balaban J connectivity index is 2.40. The molecule has 0 fully saturated rings. The summed E-state index contributed by atoms with van der Waals surface area (Å²) < 4.78 is 0. The smallest absolute Gasteiger partial charge is 0.198 e. The molecular formula is C8H5N3OS. The summed E-state index contributed by atoms with van der Waals surface area (Å²) >= 11 is 1.28. The van der Waals surface area contributed by atoms with Crippen molar-refractivity contribution in [2.75, 3.05) is 5.43 Å². The quantitative estimate of drug-likeness (QED) is 0.655. The number of hydrogen-bond donors (Lipinski definition) is 2. The van der Waals surface area contributed by atoms with Gasteiger partial charge in [-0.25, -0.2) is 0 Å². The summed E-state index contributed by atoms with van der Waals surface area (Å²) in [4.78, 5) is 0.893. The lowest BCUT2D eigenvalue weighted by Gasteiger charge is -2.12. The van der Waals surface area contributed by atoms with E-state index in [-0.39, 0.29) is 5.75 Å². The number of phenolic OH excluding ortho intramolecular Hbond substituents is 1. The Hall–Kier alpha value is -1.67. The second-order valence-corrected chi connectivity index (χ2v) is 3.45. The zero-order valence-electron chi connectivity index (χ0n) is 6.48. The van der Waals surface area contributed by atoms with Crippen LogP contribution in [-0.4, -0.2) is 10.2 Å². The van der Waals surface area contributed by atoms with Gasteiger partial charge < -0.3 is 5.11 Å². The lowest BCUT2D eigenvalue weighted by Crippen LogP contribution is -2.02. The van der Waals surface area contributed by atoms with E-state index >= 15 is 0 Å². The molecule has 13 heavy (non-hydrogen) atoms. The van der Waals surface area contributed by atoms with Crippen LogP contribution < -0.4 is 5.43 Å². The molecule has 0 amide bonds. The Bertz CT molecular complexity index is 422. The first-order chi connectivity index (χ1) is 6.29. The van der Waals surface area contributed by atoms with Gasteiger partial charge in [0.2, 0.25) is 0 Å². The first-order valence-electron chi connectivity index (χ1n) is 3.54. The molecule has 1 aliphatic heterocycles. The predicted molar refractivity (Wildman–Crippen MR) is 50.6 cm³/mol. The molecular weight excluding hydrogens is 186 g/mol. The van der Waals surface area contributed by atoms with Gasteiger partial charge in [0.15, 0.2) is 5.04 Å². The molecule has 4 nitrogen and oxygen atoms in total. The van der Waals surface area contributed by atoms with Gasteiger partial charge in [-0.15, -0.1) is 0 Å². The minimum absolute atomic E-state index is 0.183. The Kier molecular flexibility index (Phi) is 1.83. The number of nitrogens with one attached hydrogen (secondary N) is 1. The van der Waals surface area contributed by atoms with Gasteiger partial charge in [0.25, 0.3) is 0 Å². The maximum atomic E-state index is 9.15. The van der Waals surface area contributed by atoms with Crippen LogP contribution in [0.4, 0.5) is 5.69 Å². The molecule has 0 radical (unpaired) electrons. The van der Waals surface area contributed by atoms with E-state index in [2.05, 4.69) is 10.5 Å². The van der Waals surface area contributed by atoms with Crippen molar-refractivity contribution in [1.29, 1.82) is 5.26 Å². The highest BCUT2D eigenvalue weighted by Crippen LogP contribution is 2.33. The van der Waals surface area contributed by atoms with Crippen LogP contribution in [0.3, 0.4) is 0 Å². The number of nitriles is 1. The van der Waals surface area contributed by atoms with Crippen LogP contribution in [0.25, 0.3) is 0 Å². The first kappa shape index (κ1) is 7.95. The van der Waals surface area contributed by atoms with E-state index in [1.54, 1.807) is 18.2 Å². The van der Waals surface area contributed by atoms with E-state index in [4.69, 9.17) is 10.4 Å². The SMILES string of the molecule is N#CC1=NNc2cc(O)ccc2S1. The van der Waals surface area contributed by atoms with E-state index in [0.717, 1.165) is 10.6 Å². The molecule has 2 rings (SSSR count). The number of fused-ring (bicyclic) bond motifs is 1. The Morgan fingerprint density at radius 3 is 3.15 bits per heavy atom. The minimum Gasteiger partial charge on any atom is -0.508 e. The van der Waals surface area contributed by atoms with Crippen LogP contribution in [0.15, 0.2) is 28.2 Å². The molecule has 1 aliphatic rings. The predicted octanol–water partition coefficient (Wildman–Crippen LogP) is 1.75. The van der Waals surface area contributed by atoms with E-state index in [0.29, 0.717) is 5.04 Å². The van der Waals surface area contributed by atoms with E-state index < -0.39 is 0 Å². The fourth-order valence-corrected chi connectivity index (χ4v) is 1.68. The maximum absolute atomic E-state index is 9.15. The molecule has 1 aromatic carbocycles. The number of aromatic hydroxyl groups is 1. The number of hydrogen-bond acceptors (Lipinski definition) is 5. The maximum Gasteiger partial charge on any atom is 0.198 e. The number of rotatable bonds is 0. The number of phenols is 1. The third-order valence-electron chi connectivity index (χ3n) is 1.54. The van der Waals surface area contributed by atoms with Crippen molar-refractivity contribution < 1.29 is 5.11 Å². The van der Waals surface area contributed by atoms with Crippen LogP contribution in [0.5, 0.6) is 5.75 Å². The molecule has 5 heteroatoms. The average molecular weight is 191 g/mol. The number of benzene rings is 1. The highest BCUT2D eigenvalue weighted by atomic mass is 32.2. The number of thioether (sulfide) groups is 1. The molecule has 0 atom stereocenters. The van der Waals surface area contributed by atoms with Gasteiger partial charge in [-0.05, 0) is 12.1 Å². The van der Waals surface area contributed by atoms with Gasteiger partial charge in [0, 0.05) is 11.0 Å². The second kappa shape index (κ2) is 2.99. The molecule has 0 saturated carbocycles. The van der Waals surface area contributed by atoms with Gasteiger partial charge in [0.1, 0.15) is 11.8 Å². The second-order valence-electron chi connectivity index (χ2n) is 2.42. The molecule has 0 bridgehead atoms. The average Bonchev–Trinajstić information content (AvgIpc) is 2.17. The summed E-state index contributed by atoms with van der Waals surface area (Å²) in [5.41, 5.74) is 3.42. The number of anilines is 1. The summed E-state index contributed by atoms with van der Waals surface area (Å²) in [6.07, 6.45) is 0. The van der Waals surface area contributed by atoms with E-state index in [9.17, 15) is 0 Å². The molecule has 64 valence electrons. The van der Waals surface area contributed by atoms with Crippen LogP contribution in [-0.2, 0) is 0 Å². The lowest BCUT2D eigenvalue weighted by molar-refractivity contribution is 0.475. The van der Waals surface area contributed by atoms with Crippen LogP contribution in [0.1, 0.15) is 0 Å². The molecule has 0 unspecified atom stereocenters. The molecule has 2 N–H and O–H groups in total. The Labute approximate surface area is 78.9 Å². The van der Waals surface area contributed by atoms with Gasteiger partial charge in [-0.2, -0.15) is 10.4 Å². The number of nitrogens with zero attached hydrogens (tertiary/aromatic N) is 2. The molecule has 0 saturated heterocycles. The molecule has 0 spiro atoms. The summed E-state index contributed by atoms with van der Waals surface area (Å²) in [6, 6.07) is 6.84. The van der Waals surface area contributed by atoms with Crippen molar-refractivity contribution in [2.24, 2.45) is 5.10 Å². The highest BCUT2D eigenvalue weighted by molar-refractivity contribution is 8.14. The summed E-state index contributed by atoms with van der Waals surface area (Å²) in [5, 5.41) is 21.9. The van der Waals surface area contributed by atoms with Crippen LogP contribution in [0, 0.1) is 11.3 Å². The van der Waals surface area contributed by atoms with E-state index in [1.807, 2.05) is 6.07 Å². The number of hydrazone groups is 1. The zero-order valence-corrected chi connectivity index (χ0v) is 7.30. The van der Waals surface area contributed by atoms with Crippen molar-refractivity contribution in [3.05, 3.63) is 18.2 Å². The van der Waals surface area contributed by atoms with Crippen molar-refractivity contribution in [2.45, 2.75) is 4.90 Å². The van der Waals surface area contributed by atoms with Gasteiger partial charge >= 0.3 is 0 Å². The zero-order chi connectivity index (χ0) is 9.26.